The summed E-state index contributed by atoms with van der Waals surface area (Å²) in [4.78, 5) is 9.27. The minimum absolute atomic E-state index is 0.456. The Morgan fingerprint density at radius 2 is 2.04 bits per heavy atom. The van der Waals surface area contributed by atoms with E-state index in [4.69, 9.17) is 4.98 Å². The molecule has 0 saturated carbocycles. The van der Waals surface area contributed by atoms with Crippen LogP contribution in [0, 0.1) is 0 Å². The van der Waals surface area contributed by atoms with Gasteiger partial charge in [0, 0.05) is 36.6 Å². The van der Waals surface area contributed by atoms with Crippen LogP contribution >= 0.6 is 0 Å². The van der Waals surface area contributed by atoms with Crippen LogP contribution in [0.1, 0.15) is 0 Å². The van der Waals surface area contributed by atoms with Crippen molar-refractivity contribution in [3.63, 3.8) is 0 Å². The number of rotatable bonds is 4. The number of H-pyrrole nitrogens is 1. The molecule has 3 N–H and O–H groups in total. The summed E-state index contributed by atoms with van der Waals surface area (Å²) in [5.74, 6) is 0.893. The maximum absolute atomic E-state index is 4.76. The third-order valence-corrected chi connectivity index (χ3v) is 4.48. The van der Waals surface area contributed by atoms with E-state index in [1.165, 1.54) is 0 Å². The Labute approximate surface area is 144 Å². The number of aromatic nitrogens is 5. The van der Waals surface area contributed by atoms with Gasteiger partial charge in [0.05, 0.1) is 29.8 Å². The first-order valence-electron chi connectivity index (χ1n) is 8.28. The summed E-state index contributed by atoms with van der Waals surface area (Å²) in [6.45, 7) is 1.96. The quantitative estimate of drug-likeness (QED) is 0.534. The molecule has 1 fully saturated rings. The topological polar surface area (TPSA) is 82.9 Å². The summed E-state index contributed by atoms with van der Waals surface area (Å²) in [5, 5.41) is 13.6. The van der Waals surface area contributed by atoms with Crippen LogP contribution in [0.15, 0.2) is 55.1 Å². The molecule has 0 aliphatic carbocycles. The maximum Gasteiger partial charge on any atom is 0.137 e. The summed E-state index contributed by atoms with van der Waals surface area (Å²) in [7, 11) is 0. The standard InChI is InChI=1S/C18H17N7/c1-2-15(24-17(3-1)23-14-8-19-9-14)16-10-20-18-5-4-12(11-25(16)18)13-6-21-22-7-13/h1-7,10-11,14,19H,8-9H2,(H,21,22)(H,23,24). The third kappa shape index (κ3) is 2.54. The lowest BCUT2D eigenvalue weighted by molar-refractivity contribution is 0.471. The van der Waals surface area contributed by atoms with Crippen molar-refractivity contribution >= 4 is 11.5 Å². The van der Waals surface area contributed by atoms with E-state index in [-0.39, 0.29) is 0 Å². The van der Waals surface area contributed by atoms with Gasteiger partial charge in [0.1, 0.15) is 11.5 Å². The molecule has 0 spiro atoms. The number of aromatic amines is 1. The van der Waals surface area contributed by atoms with Crippen LogP contribution in [0.25, 0.3) is 28.2 Å². The molecule has 0 aromatic carbocycles. The van der Waals surface area contributed by atoms with Crippen molar-refractivity contribution in [2.75, 3.05) is 18.4 Å². The molecule has 25 heavy (non-hydrogen) atoms. The zero-order valence-corrected chi connectivity index (χ0v) is 13.5. The Balaban J connectivity index is 1.55. The predicted molar refractivity (Wildman–Crippen MR) is 96.3 cm³/mol. The molecule has 0 bridgehead atoms. The molecule has 1 aliphatic heterocycles. The minimum Gasteiger partial charge on any atom is -0.365 e. The fourth-order valence-corrected chi connectivity index (χ4v) is 3.01. The average molecular weight is 331 g/mol. The monoisotopic (exact) mass is 331 g/mol. The van der Waals surface area contributed by atoms with E-state index in [1.807, 2.05) is 48.9 Å². The van der Waals surface area contributed by atoms with Crippen LogP contribution in [-0.2, 0) is 0 Å². The first-order chi connectivity index (χ1) is 12.4. The molecular weight excluding hydrogens is 314 g/mol. The van der Waals surface area contributed by atoms with Gasteiger partial charge in [-0.2, -0.15) is 5.10 Å². The molecule has 1 aliphatic rings. The molecular formula is C18H17N7. The zero-order valence-electron chi connectivity index (χ0n) is 13.5. The molecule has 124 valence electrons. The Morgan fingerprint density at radius 3 is 2.84 bits per heavy atom. The van der Waals surface area contributed by atoms with E-state index < -0.39 is 0 Å². The Bertz CT molecular complexity index is 1020. The summed E-state index contributed by atoms with van der Waals surface area (Å²) in [6.07, 6.45) is 7.63. The van der Waals surface area contributed by atoms with E-state index in [9.17, 15) is 0 Å². The molecule has 7 nitrogen and oxygen atoms in total. The van der Waals surface area contributed by atoms with Gasteiger partial charge in [-0.25, -0.2) is 9.97 Å². The molecule has 4 aromatic rings. The molecule has 0 atom stereocenters. The number of nitrogens with one attached hydrogen (secondary N) is 3. The van der Waals surface area contributed by atoms with Crippen molar-refractivity contribution in [2.45, 2.75) is 6.04 Å². The molecule has 5 heterocycles. The van der Waals surface area contributed by atoms with Gasteiger partial charge in [-0.3, -0.25) is 9.50 Å². The predicted octanol–water partition coefficient (Wildman–Crippen LogP) is 2.17. The lowest BCUT2D eigenvalue weighted by atomic mass is 10.1. The second kappa shape index (κ2) is 5.71. The van der Waals surface area contributed by atoms with Crippen molar-refractivity contribution in [2.24, 2.45) is 0 Å². The second-order valence-corrected chi connectivity index (χ2v) is 6.18. The molecule has 0 amide bonds. The minimum atomic E-state index is 0.456. The first-order valence-corrected chi connectivity index (χ1v) is 8.28. The number of nitrogens with zero attached hydrogens (tertiary/aromatic N) is 4. The molecule has 0 unspecified atom stereocenters. The fraction of sp³-hybridized carbons (Fsp3) is 0.167. The first kappa shape index (κ1) is 14.2. The highest BCUT2D eigenvalue weighted by Gasteiger charge is 2.17. The highest BCUT2D eigenvalue weighted by atomic mass is 15.1. The molecule has 7 heteroatoms. The molecule has 5 rings (SSSR count). The molecule has 0 radical (unpaired) electrons. The van der Waals surface area contributed by atoms with E-state index in [2.05, 4.69) is 36.4 Å². The zero-order chi connectivity index (χ0) is 16.6. The number of imidazole rings is 1. The van der Waals surface area contributed by atoms with Crippen molar-refractivity contribution in [3.8, 4) is 22.5 Å². The van der Waals surface area contributed by atoms with Crippen LogP contribution < -0.4 is 10.6 Å². The molecule has 4 aromatic heterocycles. The van der Waals surface area contributed by atoms with Gasteiger partial charge in [-0.1, -0.05) is 6.07 Å². The highest BCUT2D eigenvalue weighted by molar-refractivity contribution is 5.67. The van der Waals surface area contributed by atoms with Gasteiger partial charge in [0.2, 0.25) is 0 Å². The van der Waals surface area contributed by atoms with Crippen molar-refractivity contribution < 1.29 is 0 Å². The van der Waals surface area contributed by atoms with E-state index >= 15 is 0 Å². The van der Waals surface area contributed by atoms with Crippen molar-refractivity contribution in [3.05, 3.63) is 55.1 Å². The van der Waals surface area contributed by atoms with Gasteiger partial charge in [0.25, 0.3) is 0 Å². The summed E-state index contributed by atoms with van der Waals surface area (Å²) in [5.41, 5.74) is 4.88. The van der Waals surface area contributed by atoms with Gasteiger partial charge < -0.3 is 10.6 Å². The summed E-state index contributed by atoms with van der Waals surface area (Å²) in [6, 6.07) is 10.5. The molecule has 1 saturated heterocycles. The average Bonchev–Trinajstić information content (AvgIpc) is 3.27. The van der Waals surface area contributed by atoms with Crippen LogP contribution in [0.2, 0.25) is 0 Å². The van der Waals surface area contributed by atoms with E-state index in [0.717, 1.165) is 47.1 Å². The van der Waals surface area contributed by atoms with Crippen LogP contribution in [0.4, 0.5) is 5.82 Å². The number of fused-ring (bicyclic) bond motifs is 1. The van der Waals surface area contributed by atoms with Gasteiger partial charge >= 0.3 is 0 Å². The SMILES string of the molecule is c1cc(NC2CNC2)nc(-c2cnc3ccc(-c4cn[nH]c4)cn23)c1. The second-order valence-electron chi connectivity index (χ2n) is 6.18. The Hall–Kier alpha value is -3.19. The maximum atomic E-state index is 4.76. The van der Waals surface area contributed by atoms with E-state index in [1.54, 1.807) is 0 Å². The summed E-state index contributed by atoms with van der Waals surface area (Å²) < 4.78 is 2.07. The Kier molecular flexibility index (Phi) is 3.24. The Morgan fingerprint density at radius 1 is 1.08 bits per heavy atom. The lowest BCUT2D eigenvalue weighted by Crippen LogP contribution is -2.51. The normalized spacial score (nSPS) is 14.6. The van der Waals surface area contributed by atoms with Gasteiger partial charge in [-0.05, 0) is 24.3 Å². The number of hydrogen-bond donors (Lipinski definition) is 3. The van der Waals surface area contributed by atoms with Gasteiger partial charge in [-0.15, -0.1) is 0 Å². The van der Waals surface area contributed by atoms with Crippen LogP contribution in [-0.4, -0.2) is 43.7 Å². The van der Waals surface area contributed by atoms with Crippen LogP contribution in [0.5, 0.6) is 0 Å². The van der Waals surface area contributed by atoms with Crippen molar-refractivity contribution in [1.29, 1.82) is 0 Å². The fourth-order valence-electron chi connectivity index (χ4n) is 3.01. The van der Waals surface area contributed by atoms with Gasteiger partial charge in [0.15, 0.2) is 0 Å². The van der Waals surface area contributed by atoms with E-state index in [0.29, 0.717) is 6.04 Å². The smallest absolute Gasteiger partial charge is 0.137 e. The third-order valence-electron chi connectivity index (χ3n) is 4.48. The van der Waals surface area contributed by atoms with Crippen molar-refractivity contribution in [1.82, 2.24) is 29.9 Å². The lowest BCUT2D eigenvalue weighted by Gasteiger charge is -2.28. The number of hydrogen-bond acceptors (Lipinski definition) is 5. The number of anilines is 1. The largest absolute Gasteiger partial charge is 0.365 e. The number of pyridine rings is 2. The highest BCUT2D eigenvalue weighted by Crippen LogP contribution is 2.24. The van der Waals surface area contributed by atoms with Crippen LogP contribution in [0.3, 0.4) is 0 Å². The summed E-state index contributed by atoms with van der Waals surface area (Å²) >= 11 is 0.